The highest BCUT2D eigenvalue weighted by molar-refractivity contribution is 6.14. The fourth-order valence-electron chi connectivity index (χ4n) is 0.723. The van der Waals surface area contributed by atoms with Crippen LogP contribution in [0.5, 0.6) is 0 Å². The van der Waals surface area contributed by atoms with Crippen LogP contribution in [0.15, 0.2) is 0 Å². The van der Waals surface area contributed by atoms with Crippen LogP contribution >= 0.6 is 11.8 Å². The highest BCUT2D eigenvalue weighted by atomic mass is 35.5. The zero-order valence-corrected chi connectivity index (χ0v) is 8.26. The van der Waals surface area contributed by atoms with E-state index in [0.29, 0.717) is 0 Å². The molecule has 0 amide bonds. The van der Waals surface area contributed by atoms with Gasteiger partial charge in [-0.3, -0.25) is 9.59 Å². The number of hydrogen-bond donors (Lipinski definition) is 1. The first-order chi connectivity index (χ1) is 6.15. The molecule has 0 aliphatic carbocycles. The smallest absolute Gasteiger partial charge is 0.324 e. The molecular weight excluding hydrogens is 198 g/mol. The third-order valence-corrected chi connectivity index (χ3v) is 1.75. The highest BCUT2D eigenvalue weighted by Gasteiger charge is 2.18. The molecular formula is C7H12ClNO4. The van der Waals surface area contributed by atoms with Crippen molar-refractivity contribution in [3.63, 3.8) is 0 Å². The van der Waals surface area contributed by atoms with Gasteiger partial charge < -0.3 is 9.47 Å². The maximum absolute atomic E-state index is 10.9. The molecule has 6 heteroatoms. The molecule has 0 aromatic rings. The Morgan fingerprint density at radius 2 is 2.00 bits per heavy atom. The number of nitrogens with one attached hydrogen (secondary N) is 1. The van der Waals surface area contributed by atoms with Crippen molar-refractivity contribution in [2.75, 3.05) is 14.2 Å². The largest absolute Gasteiger partial charge is 0.469 e. The molecule has 0 aliphatic heterocycles. The van der Waals surface area contributed by atoms with Gasteiger partial charge in [0.05, 0.1) is 14.2 Å². The number of rotatable bonds is 5. The molecule has 0 spiro atoms. The average molecular weight is 210 g/mol. The second kappa shape index (κ2) is 6.68. The average Bonchev–Trinajstić information content (AvgIpc) is 2.17. The number of halogens is 1. The van der Waals surface area contributed by atoms with Gasteiger partial charge in [-0.05, 0) is 18.2 Å². The van der Waals surface area contributed by atoms with Gasteiger partial charge in [0.15, 0.2) is 0 Å². The normalized spacial score (nSPS) is 11.9. The van der Waals surface area contributed by atoms with Crippen LogP contribution in [0.4, 0.5) is 0 Å². The SMILES string of the molecule is COC(=O)CCC(NCl)C(=O)OC. The fraction of sp³-hybridized carbons (Fsp3) is 0.714. The molecule has 13 heavy (non-hydrogen) atoms. The Kier molecular flexibility index (Phi) is 6.26. The van der Waals surface area contributed by atoms with E-state index in [9.17, 15) is 9.59 Å². The van der Waals surface area contributed by atoms with Crippen LogP contribution in [0.3, 0.4) is 0 Å². The van der Waals surface area contributed by atoms with Crippen molar-refractivity contribution in [3.05, 3.63) is 0 Å². The van der Waals surface area contributed by atoms with Crippen LogP contribution in [0.2, 0.25) is 0 Å². The van der Waals surface area contributed by atoms with Crippen LogP contribution < -0.4 is 4.84 Å². The zero-order valence-electron chi connectivity index (χ0n) is 7.50. The van der Waals surface area contributed by atoms with Crippen molar-refractivity contribution in [2.24, 2.45) is 0 Å². The summed E-state index contributed by atoms with van der Waals surface area (Å²) < 4.78 is 8.83. The number of carbonyl (C=O) groups excluding carboxylic acids is 2. The standard InChI is InChI=1S/C7H12ClNO4/c1-12-6(10)4-3-5(9-8)7(11)13-2/h5,9H,3-4H2,1-2H3. The van der Waals surface area contributed by atoms with Crippen LogP contribution in [-0.4, -0.2) is 32.2 Å². The van der Waals surface area contributed by atoms with Crippen LogP contribution in [0.1, 0.15) is 12.8 Å². The first-order valence-corrected chi connectivity index (χ1v) is 4.04. The second-order valence-electron chi connectivity index (χ2n) is 2.30. The van der Waals surface area contributed by atoms with E-state index < -0.39 is 12.0 Å². The fourth-order valence-corrected chi connectivity index (χ4v) is 0.922. The highest BCUT2D eigenvalue weighted by Crippen LogP contribution is 2.01. The lowest BCUT2D eigenvalue weighted by molar-refractivity contribution is -0.144. The molecule has 0 aromatic heterocycles. The van der Waals surface area contributed by atoms with E-state index in [2.05, 4.69) is 14.3 Å². The van der Waals surface area contributed by atoms with Crippen LogP contribution in [0.25, 0.3) is 0 Å². The summed E-state index contributed by atoms with van der Waals surface area (Å²) in [5.41, 5.74) is 0. The quantitative estimate of drug-likeness (QED) is 0.519. The zero-order chi connectivity index (χ0) is 10.3. The molecule has 76 valence electrons. The summed E-state index contributed by atoms with van der Waals surface area (Å²) in [7, 11) is 2.53. The van der Waals surface area contributed by atoms with Gasteiger partial charge >= 0.3 is 11.9 Å². The van der Waals surface area contributed by atoms with Crippen molar-refractivity contribution in [1.29, 1.82) is 0 Å². The Balaban J connectivity index is 3.85. The van der Waals surface area contributed by atoms with Crippen molar-refractivity contribution in [3.8, 4) is 0 Å². The summed E-state index contributed by atoms with van der Waals surface area (Å²) >= 11 is 5.26. The van der Waals surface area contributed by atoms with Gasteiger partial charge in [-0.2, -0.15) is 0 Å². The second-order valence-corrected chi connectivity index (χ2v) is 2.52. The monoisotopic (exact) mass is 209 g/mol. The predicted molar refractivity (Wildman–Crippen MR) is 46.0 cm³/mol. The van der Waals surface area contributed by atoms with E-state index in [0.717, 1.165) is 0 Å². The number of hydrogen-bond acceptors (Lipinski definition) is 5. The van der Waals surface area contributed by atoms with E-state index >= 15 is 0 Å². The van der Waals surface area contributed by atoms with Crippen LogP contribution in [0, 0.1) is 0 Å². The molecule has 0 rings (SSSR count). The first-order valence-electron chi connectivity index (χ1n) is 3.66. The van der Waals surface area contributed by atoms with Gasteiger partial charge in [-0.15, -0.1) is 0 Å². The van der Waals surface area contributed by atoms with Crippen molar-refractivity contribution in [2.45, 2.75) is 18.9 Å². The molecule has 0 aliphatic rings. The summed E-state index contributed by atoms with van der Waals surface area (Å²) in [6.07, 6.45) is 0.374. The lowest BCUT2D eigenvalue weighted by atomic mass is 10.2. The third kappa shape index (κ3) is 4.69. The number of methoxy groups -OCH3 is 2. The molecule has 0 saturated carbocycles. The number of esters is 2. The summed E-state index contributed by atoms with van der Waals surface area (Å²) in [5, 5.41) is 0. The van der Waals surface area contributed by atoms with E-state index in [1.807, 2.05) is 0 Å². The molecule has 0 aromatic carbocycles. The van der Waals surface area contributed by atoms with Gasteiger partial charge in [0.2, 0.25) is 0 Å². The van der Waals surface area contributed by atoms with Gasteiger partial charge in [0.1, 0.15) is 6.04 Å². The minimum absolute atomic E-state index is 0.121. The van der Waals surface area contributed by atoms with E-state index in [1.165, 1.54) is 14.2 Å². The van der Waals surface area contributed by atoms with Crippen molar-refractivity contribution >= 4 is 23.7 Å². The lowest BCUT2D eigenvalue weighted by Gasteiger charge is -2.10. The predicted octanol–water partition coefficient (Wildman–Crippen LogP) is 0.225. The third-order valence-electron chi connectivity index (χ3n) is 1.48. The number of ether oxygens (including phenoxy) is 2. The molecule has 0 fully saturated rings. The molecule has 0 bridgehead atoms. The van der Waals surface area contributed by atoms with Crippen molar-refractivity contribution in [1.82, 2.24) is 4.84 Å². The first kappa shape index (κ1) is 12.2. The Bertz CT molecular complexity index is 185. The summed E-state index contributed by atoms with van der Waals surface area (Å²) in [6, 6.07) is -0.675. The molecule has 5 nitrogen and oxygen atoms in total. The van der Waals surface area contributed by atoms with Crippen molar-refractivity contribution < 1.29 is 19.1 Å². The molecule has 1 atom stereocenters. The van der Waals surface area contributed by atoms with Gasteiger partial charge in [-0.25, -0.2) is 4.84 Å². The van der Waals surface area contributed by atoms with E-state index in [1.54, 1.807) is 0 Å². The summed E-state index contributed by atoms with van der Waals surface area (Å²) in [4.78, 5) is 23.8. The maximum atomic E-state index is 10.9. The minimum Gasteiger partial charge on any atom is -0.469 e. The number of carbonyl (C=O) groups is 2. The molecule has 0 heterocycles. The molecule has 0 radical (unpaired) electrons. The van der Waals surface area contributed by atoms with Crippen LogP contribution in [-0.2, 0) is 19.1 Å². The molecule has 1 N–H and O–H groups in total. The minimum atomic E-state index is -0.675. The van der Waals surface area contributed by atoms with E-state index in [-0.39, 0.29) is 18.8 Å². The van der Waals surface area contributed by atoms with Gasteiger partial charge in [0, 0.05) is 6.42 Å². The summed E-state index contributed by atoms with van der Waals surface area (Å²) in [6.45, 7) is 0. The molecule has 1 unspecified atom stereocenters. The maximum Gasteiger partial charge on any atom is 0.324 e. The van der Waals surface area contributed by atoms with Gasteiger partial charge in [-0.1, -0.05) is 0 Å². The Hall–Kier alpha value is -0.810. The van der Waals surface area contributed by atoms with E-state index in [4.69, 9.17) is 11.8 Å². The molecule has 0 saturated heterocycles. The lowest BCUT2D eigenvalue weighted by Crippen LogP contribution is -2.32. The Morgan fingerprint density at radius 1 is 1.38 bits per heavy atom. The summed E-state index contributed by atoms with van der Waals surface area (Å²) in [5.74, 6) is -0.889. The Morgan fingerprint density at radius 3 is 2.38 bits per heavy atom. The topological polar surface area (TPSA) is 64.6 Å². The van der Waals surface area contributed by atoms with Gasteiger partial charge in [0.25, 0.3) is 0 Å². The Labute approximate surface area is 81.4 Å².